The lowest BCUT2D eigenvalue weighted by Crippen LogP contribution is -2.45. The molecule has 1 N–H and O–H groups in total. The minimum absolute atomic E-state index is 0.0611. The average molecular weight is 236 g/mol. The molecule has 1 aromatic rings. The van der Waals surface area contributed by atoms with E-state index in [9.17, 15) is 14.9 Å². The highest BCUT2D eigenvalue weighted by Gasteiger charge is 2.29. The summed E-state index contributed by atoms with van der Waals surface area (Å²) < 4.78 is 0. The van der Waals surface area contributed by atoms with Crippen LogP contribution >= 0.6 is 0 Å². The van der Waals surface area contributed by atoms with Gasteiger partial charge in [0.2, 0.25) is 0 Å². The number of nitro groups is 1. The Morgan fingerprint density at radius 1 is 1.53 bits per heavy atom. The highest BCUT2D eigenvalue weighted by atomic mass is 16.6. The molecule has 2 rings (SSSR count). The van der Waals surface area contributed by atoms with Crippen molar-refractivity contribution in [1.29, 1.82) is 0 Å². The molecule has 6 nitrogen and oxygen atoms in total. The predicted octanol–water partition coefficient (Wildman–Crippen LogP) is 1.75. The second-order valence-electron chi connectivity index (χ2n) is 4.28. The van der Waals surface area contributed by atoms with Crippen LogP contribution in [-0.4, -0.2) is 29.1 Å². The molecule has 1 aromatic carbocycles. The highest BCUT2D eigenvalue weighted by Crippen LogP contribution is 2.33. The number of nitro benzene ring substituents is 1. The van der Waals surface area contributed by atoms with E-state index in [1.54, 1.807) is 0 Å². The van der Waals surface area contributed by atoms with Crippen LogP contribution in [0.5, 0.6) is 0 Å². The smallest absolute Gasteiger partial charge is 0.335 e. The van der Waals surface area contributed by atoms with Gasteiger partial charge in [0.1, 0.15) is 5.69 Å². The van der Waals surface area contributed by atoms with Gasteiger partial charge in [-0.05, 0) is 18.1 Å². The maximum atomic E-state index is 10.9. The molecule has 0 aliphatic carbocycles. The summed E-state index contributed by atoms with van der Waals surface area (Å²) in [7, 11) is 0. The molecule has 0 unspecified atom stereocenters. The summed E-state index contributed by atoms with van der Waals surface area (Å²) in [5, 5.41) is 19.7. The van der Waals surface area contributed by atoms with Crippen molar-refractivity contribution in [3.8, 4) is 0 Å². The van der Waals surface area contributed by atoms with Gasteiger partial charge in [0, 0.05) is 19.2 Å². The molecule has 90 valence electrons. The van der Waals surface area contributed by atoms with Crippen LogP contribution in [0.1, 0.15) is 17.3 Å². The molecule has 0 atom stereocenters. The fraction of sp³-hybridized carbons (Fsp3) is 0.364. The second-order valence-corrected chi connectivity index (χ2v) is 4.28. The van der Waals surface area contributed by atoms with Gasteiger partial charge in [-0.3, -0.25) is 10.1 Å². The molecule has 17 heavy (non-hydrogen) atoms. The molecule has 0 radical (unpaired) electrons. The zero-order chi connectivity index (χ0) is 12.6. The zero-order valence-corrected chi connectivity index (χ0v) is 9.29. The molecular formula is C11H12N2O4. The van der Waals surface area contributed by atoms with Crippen molar-refractivity contribution in [1.82, 2.24) is 0 Å². The molecular weight excluding hydrogens is 224 g/mol. The van der Waals surface area contributed by atoms with Gasteiger partial charge in [-0.2, -0.15) is 0 Å². The van der Waals surface area contributed by atoms with E-state index in [4.69, 9.17) is 5.11 Å². The maximum Gasteiger partial charge on any atom is 0.335 e. The zero-order valence-electron chi connectivity index (χ0n) is 9.29. The van der Waals surface area contributed by atoms with Gasteiger partial charge in [-0.25, -0.2) is 4.79 Å². The maximum absolute atomic E-state index is 10.9. The summed E-state index contributed by atoms with van der Waals surface area (Å²) in [6.07, 6.45) is 0. The lowest BCUT2D eigenvalue weighted by atomic mass is 10.0. The first-order chi connectivity index (χ1) is 7.99. The standard InChI is InChI=1S/C11H12N2O4/c1-7-5-12(6-7)9-3-2-8(11(14)15)4-10(9)13(16)17/h2-4,7H,5-6H2,1H3,(H,14,15). The SMILES string of the molecule is CC1CN(c2ccc(C(=O)O)cc2[N+](=O)[O-])C1. The third kappa shape index (κ3) is 2.06. The second kappa shape index (κ2) is 4.04. The van der Waals surface area contributed by atoms with E-state index < -0.39 is 10.9 Å². The van der Waals surface area contributed by atoms with Gasteiger partial charge >= 0.3 is 5.97 Å². The molecule has 0 aromatic heterocycles. The van der Waals surface area contributed by atoms with Gasteiger partial charge in [-0.1, -0.05) is 6.92 Å². The van der Waals surface area contributed by atoms with Gasteiger partial charge < -0.3 is 10.0 Å². The van der Waals surface area contributed by atoms with Gasteiger partial charge in [0.05, 0.1) is 10.5 Å². The van der Waals surface area contributed by atoms with Crippen LogP contribution in [0, 0.1) is 16.0 Å². The fourth-order valence-electron chi connectivity index (χ4n) is 1.97. The number of hydrogen-bond acceptors (Lipinski definition) is 4. The average Bonchev–Trinajstić information content (AvgIpc) is 2.24. The number of carboxylic acid groups (broad SMARTS) is 1. The number of hydrogen-bond donors (Lipinski definition) is 1. The Bertz CT molecular complexity index is 480. The van der Waals surface area contributed by atoms with Crippen LogP contribution in [0.4, 0.5) is 11.4 Å². The van der Waals surface area contributed by atoms with Crippen LogP contribution in [0.3, 0.4) is 0 Å². The molecule has 1 aliphatic rings. The molecule has 0 spiro atoms. The first-order valence-corrected chi connectivity index (χ1v) is 5.25. The Labute approximate surface area is 97.6 Å². The van der Waals surface area contributed by atoms with Crippen molar-refractivity contribution in [2.45, 2.75) is 6.92 Å². The van der Waals surface area contributed by atoms with Crippen LogP contribution in [0.15, 0.2) is 18.2 Å². The number of benzene rings is 1. The molecule has 0 bridgehead atoms. The quantitative estimate of drug-likeness (QED) is 0.638. The minimum atomic E-state index is -1.16. The summed E-state index contributed by atoms with van der Waals surface area (Å²) in [5.41, 5.74) is 0.295. The van der Waals surface area contributed by atoms with Gasteiger partial charge in [-0.15, -0.1) is 0 Å². The van der Waals surface area contributed by atoms with Gasteiger partial charge in [0.15, 0.2) is 0 Å². The number of carboxylic acids is 1. The van der Waals surface area contributed by atoms with Crippen molar-refractivity contribution in [2.75, 3.05) is 18.0 Å². The third-order valence-electron chi connectivity index (χ3n) is 2.82. The summed E-state index contributed by atoms with van der Waals surface area (Å²) >= 11 is 0. The number of carbonyl (C=O) groups is 1. The van der Waals surface area contributed by atoms with Crippen molar-refractivity contribution in [3.05, 3.63) is 33.9 Å². The summed E-state index contributed by atoms with van der Waals surface area (Å²) in [5.74, 6) is -0.634. The van der Waals surface area contributed by atoms with Crippen LogP contribution in [0.2, 0.25) is 0 Å². The topological polar surface area (TPSA) is 83.7 Å². The van der Waals surface area contributed by atoms with Crippen molar-refractivity contribution >= 4 is 17.3 Å². The predicted molar refractivity (Wildman–Crippen MR) is 61.4 cm³/mol. The van der Waals surface area contributed by atoms with E-state index in [0.717, 1.165) is 19.2 Å². The summed E-state index contributed by atoms with van der Waals surface area (Å²) in [6, 6.07) is 4.02. The number of nitrogens with zero attached hydrogens (tertiary/aromatic N) is 2. The van der Waals surface area contributed by atoms with E-state index in [0.29, 0.717) is 11.6 Å². The normalized spacial score (nSPS) is 15.5. The molecule has 1 heterocycles. The van der Waals surface area contributed by atoms with E-state index in [1.165, 1.54) is 12.1 Å². The molecule has 0 amide bonds. The molecule has 1 aliphatic heterocycles. The number of anilines is 1. The lowest BCUT2D eigenvalue weighted by molar-refractivity contribution is -0.384. The number of rotatable bonds is 3. The van der Waals surface area contributed by atoms with Crippen LogP contribution in [0.25, 0.3) is 0 Å². The summed E-state index contributed by atoms with van der Waals surface area (Å²) in [6.45, 7) is 3.61. The Kier molecular flexibility index (Phi) is 2.71. The molecule has 0 saturated carbocycles. The monoisotopic (exact) mass is 236 g/mol. The lowest BCUT2D eigenvalue weighted by Gasteiger charge is -2.38. The number of aromatic carboxylic acids is 1. The summed E-state index contributed by atoms with van der Waals surface area (Å²) in [4.78, 5) is 23.0. The fourth-order valence-corrected chi connectivity index (χ4v) is 1.97. The van der Waals surface area contributed by atoms with Crippen LogP contribution in [-0.2, 0) is 0 Å². The van der Waals surface area contributed by atoms with E-state index in [1.807, 2.05) is 4.90 Å². The van der Waals surface area contributed by atoms with Crippen LogP contribution < -0.4 is 4.90 Å². The Balaban J connectivity index is 2.38. The largest absolute Gasteiger partial charge is 0.478 e. The van der Waals surface area contributed by atoms with E-state index in [2.05, 4.69) is 6.92 Å². The first-order valence-electron chi connectivity index (χ1n) is 5.25. The Hall–Kier alpha value is -2.11. The Morgan fingerprint density at radius 2 is 2.18 bits per heavy atom. The van der Waals surface area contributed by atoms with E-state index >= 15 is 0 Å². The highest BCUT2D eigenvalue weighted by molar-refractivity contribution is 5.89. The first kappa shape index (κ1) is 11.4. The van der Waals surface area contributed by atoms with Crippen molar-refractivity contribution in [2.24, 2.45) is 5.92 Å². The van der Waals surface area contributed by atoms with Gasteiger partial charge in [0.25, 0.3) is 5.69 Å². The molecule has 1 saturated heterocycles. The molecule has 6 heteroatoms. The molecule has 1 fully saturated rings. The van der Waals surface area contributed by atoms with E-state index in [-0.39, 0.29) is 11.3 Å². The minimum Gasteiger partial charge on any atom is -0.478 e. The van der Waals surface area contributed by atoms with Crippen molar-refractivity contribution < 1.29 is 14.8 Å². The van der Waals surface area contributed by atoms with Crippen molar-refractivity contribution in [3.63, 3.8) is 0 Å². The Morgan fingerprint density at radius 3 is 2.65 bits per heavy atom. The third-order valence-corrected chi connectivity index (χ3v) is 2.82.